The summed E-state index contributed by atoms with van der Waals surface area (Å²) in [6.45, 7) is 1.61. The molecule has 0 aromatic heterocycles. The molecule has 0 aliphatic carbocycles. The number of rotatable bonds is 13. The van der Waals surface area contributed by atoms with E-state index < -0.39 is 23.8 Å². The maximum atomic E-state index is 13.0. The first-order valence-corrected chi connectivity index (χ1v) is 12.8. The van der Waals surface area contributed by atoms with Crippen LogP contribution in [0.1, 0.15) is 40.8 Å². The molecule has 0 saturated heterocycles. The minimum atomic E-state index is -4.44. The SMILES string of the molecule is C#CCON=C(C=NOC(C)c1ccccc1C(=COC)C(=O)OC)c1ccc(OCc2cccc(C(F)(F)F)c2)cc1. The highest BCUT2D eigenvalue weighted by molar-refractivity contribution is 6.37. The van der Waals surface area contributed by atoms with Crippen molar-refractivity contribution in [1.29, 1.82) is 0 Å². The lowest BCUT2D eigenvalue weighted by atomic mass is 9.97. The molecule has 0 heterocycles. The first kappa shape index (κ1) is 32.3. The third-order valence-corrected chi connectivity index (χ3v) is 5.84. The molecule has 0 saturated carbocycles. The zero-order valence-corrected chi connectivity index (χ0v) is 23.6. The number of carbonyl (C=O) groups excluding carboxylic acids is 1. The fourth-order valence-electron chi connectivity index (χ4n) is 3.79. The lowest BCUT2D eigenvalue weighted by molar-refractivity contribution is -0.137. The standard InChI is InChI=1S/C32H29F3N2O6/c1-5-17-42-37-30(19-36-43-22(2)27-11-6-7-12-28(27)29(21-39-3)31(38)40-4)24-13-15-26(16-14-24)41-20-23-9-8-10-25(18-23)32(33,34)35/h1,6-16,18-19,21-22H,17,20H2,2-4H3. The Morgan fingerprint density at radius 1 is 1.05 bits per heavy atom. The number of methoxy groups -OCH3 is 2. The number of ether oxygens (including phenoxy) is 3. The molecule has 3 aromatic carbocycles. The molecular weight excluding hydrogens is 565 g/mol. The molecule has 1 unspecified atom stereocenters. The van der Waals surface area contributed by atoms with Crippen molar-refractivity contribution in [2.24, 2.45) is 10.3 Å². The monoisotopic (exact) mass is 594 g/mol. The van der Waals surface area contributed by atoms with Crippen LogP contribution in [0.2, 0.25) is 0 Å². The molecule has 8 nitrogen and oxygen atoms in total. The topological polar surface area (TPSA) is 87.9 Å². The van der Waals surface area contributed by atoms with Gasteiger partial charge in [-0.3, -0.25) is 0 Å². The smallest absolute Gasteiger partial charge is 0.416 e. The average Bonchev–Trinajstić information content (AvgIpc) is 3.01. The summed E-state index contributed by atoms with van der Waals surface area (Å²) < 4.78 is 54.5. The van der Waals surface area contributed by atoms with Crippen LogP contribution in [-0.4, -0.2) is 38.7 Å². The maximum Gasteiger partial charge on any atom is 0.416 e. The molecule has 0 fully saturated rings. The van der Waals surface area contributed by atoms with E-state index in [-0.39, 0.29) is 24.5 Å². The summed E-state index contributed by atoms with van der Waals surface area (Å²) in [6, 6.07) is 18.6. The Morgan fingerprint density at radius 2 is 1.79 bits per heavy atom. The van der Waals surface area contributed by atoms with Crippen molar-refractivity contribution in [2.45, 2.75) is 25.8 Å². The van der Waals surface area contributed by atoms with Crippen LogP contribution in [0.15, 0.2) is 89.4 Å². The van der Waals surface area contributed by atoms with Crippen molar-refractivity contribution in [3.63, 3.8) is 0 Å². The summed E-state index contributed by atoms with van der Waals surface area (Å²) in [5.74, 6) is 2.17. The average molecular weight is 595 g/mol. The van der Waals surface area contributed by atoms with E-state index in [2.05, 4.69) is 16.2 Å². The molecule has 43 heavy (non-hydrogen) atoms. The Hall–Kier alpha value is -5.24. The van der Waals surface area contributed by atoms with Crippen LogP contribution in [0.5, 0.6) is 5.75 Å². The second-order valence-corrected chi connectivity index (χ2v) is 8.79. The van der Waals surface area contributed by atoms with Gasteiger partial charge >= 0.3 is 12.1 Å². The van der Waals surface area contributed by atoms with Crippen molar-refractivity contribution >= 4 is 23.5 Å². The van der Waals surface area contributed by atoms with Gasteiger partial charge in [0.1, 0.15) is 29.7 Å². The summed E-state index contributed by atoms with van der Waals surface area (Å²) in [7, 11) is 2.70. The van der Waals surface area contributed by atoms with Gasteiger partial charge in [-0.2, -0.15) is 13.2 Å². The largest absolute Gasteiger partial charge is 0.503 e. The van der Waals surface area contributed by atoms with Crippen LogP contribution in [0.4, 0.5) is 13.2 Å². The van der Waals surface area contributed by atoms with E-state index in [1.165, 1.54) is 32.8 Å². The van der Waals surface area contributed by atoms with E-state index in [1.807, 2.05) is 0 Å². The quantitative estimate of drug-likeness (QED) is 0.0424. The molecule has 0 N–H and O–H groups in total. The maximum absolute atomic E-state index is 13.0. The van der Waals surface area contributed by atoms with Crippen molar-refractivity contribution in [2.75, 3.05) is 20.8 Å². The van der Waals surface area contributed by atoms with Gasteiger partial charge in [0, 0.05) is 11.1 Å². The Kier molecular flexibility index (Phi) is 11.8. The molecule has 0 amide bonds. The second kappa shape index (κ2) is 15.7. The van der Waals surface area contributed by atoms with Crippen LogP contribution < -0.4 is 4.74 Å². The number of alkyl halides is 3. The minimum Gasteiger partial charge on any atom is -0.503 e. The number of halogens is 3. The molecule has 3 rings (SSSR count). The highest BCUT2D eigenvalue weighted by Crippen LogP contribution is 2.30. The van der Waals surface area contributed by atoms with E-state index in [9.17, 15) is 18.0 Å². The predicted molar refractivity (Wildman–Crippen MR) is 155 cm³/mol. The summed E-state index contributed by atoms with van der Waals surface area (Å²) in [4.78, 5) is 23.1. The van der Waals surface area contributed by atoms with Crippen LogP contribution in [0.25, 0.3) is 5.57 Å². The number of oxime groups is 2. The van der Waals surface area contributed by atoms with Gasteiger partial charge in [-0.05, 0) is 54.4 Å². The Labute approximate surface area is 247 Å². The van der Waals surface area contributed by atoms with Gasteiger partial charge in [-0.25, -0.2) is 4.79 Å². The van der Waals surface area contributed by atoms with Gasteiger partial charge in [-0.15, -0.1) is 6.42 Å². The first-order valence-electron chi connectivity index (χ1n) is 12.8. The number of hydrogen-bond acceptors (Lipinski definition) is 8. The third kappa shape index (κ3) is 9.39. The summed E-state index contributed by atoms with van der Waals surface area (Å²) in [6.07, 6.45) is 2.85. The van der Waals surface area contributed by atoms with Gasteiger partial charge in [0.2, 0.25) is 0 Å². The number of terminal acetylenes is 1. The number of carbonyl (C=O) groups is 1. The second-order valence-electron chi connectivity index (χ2n) is 8.79. The molecule has 0 bridgehead atoms. The van der Waals surface area contributed by atoms with Gasteiger partial charge in [0.25, 0.3) is 0 Å². The third-order valence-electron chi connectivity index (χ3n) is 5.84. The first-order chi connectivity index (χ1) is 20.7. The number of esters is 1. The lowest BCUT2D eigenvalue weighted by Crippen LogP contribution is -2.09. The Balaban J connectivity index is 1.74. The fraction of sp³-hybridized carbons (Fsp3) is 0.219. The van der Waals surface area contributed by atoms with E-state index in [0.29, 0.717) is 28.0 Å². The molecule has 0 radical (unpaired) electrons. The van der Waals surface area contributed by atoms with Crippen molar-refractivity contribution in [3.05, 3.63) is 107 Å². The van der Waals surface area contributed by atoms with Crippen LogP contribution >= 0.6 is 0 Å². The fourth-order valence-corrected chi connectivity index (χ4v) is 3.79. The number of hydrogen-bond donors (Lipinski definition) is 0. The van der Waals surface area contributed by atoms with E-state index >= 15 is 0 Å². The summed E-state index contributed by atoms with van der Waals surface area (Å²) in [5, 5.41) is 8.09. The summed E-state index contributed by atoms with van der Waals surface area (Å²) >= 11 is 0. The van der Waals surface area contributed by atoms with Gasteiger partial charge < -0.3 is 23.9 Å². The van der Waals surface area contributed by atoms with E-state index in [1.54, 1.807) is 61.5 Å². The highest BCUT2D eigenvalue weighted by Gasteiger charge is 2.30. The van der Waals surface area contributed by atoms with Crippen LogP contribution in [-0.2, 0) is 36.7 Å². The van der Waals surface area contributed by atoms with E-state index in [4.69, 9.17) is 30.3 Å². The molecule has 0 spiro atoms. The molecule has 11 heteroatoms. The molecule has 0 aliphatic heterocycles. The number of nitrogens with zero attached hydrogens (tertiary/aromatic N) is 2. The highest BCUT2D eigenvalue weighted by atomic mass is 19.4. The van der Waals surface area contributed by atoms with Gasteiger partial charge in [0.15, 0.2) is 6.61 Å². The van der Waals surface area contributed by atoms with Crippen molar-refractivity contribution in [3.8, 4) is 18.1 Å². The lowest BCUT2D eigenvalue weighted by Gasteiger charge is -2.16. The van der Waals surface area contributed by atoms with E-state index in [0.717, 1.165) is 12.1 Å². The molecule has 0 aliphatic rings. The normalized spacial score (nSPS) is 12.8. The van der Waals surface area contributed by atoms with Crippen molar-refractivity contribution < 1.29 is 41.9 Å². The molecule has 224 valence electrons. The Bertz CT molecular complexity index is 1510. The zero-order chi connectivity index (χ0) is 31.2. The van der Waals surface area contributed by atoms with Crippen molar-refractivity contribution in [1.82, 2.24) is 0 Å². The minimum absolute atomic E-state index is 0.0542. The summed E-state index contributed by atoms with van der Waals surface area (Å²) in [5.41, 5.74) is 1.88. The molecular formula is C32H29F3N2O6. The molecule has 1 atom stereocenters. The molecule has 3 aromatic rings. The van der Waals surface area contributed by atoms with Crippen LogP contribution in [0.3, 0.4) is 0 Å². The zero-order valence-electron chi connectivity index (χ0n) is 23.6. The number of benzene rings is 3. The van der Waals surface area contributed by atoms with Gasteiger partial charge in [0.05, 0.1) is 32.3 Å². The van der Waals surface area contributed by atoms with Gasteiger partial charge in [-0.1, -0.05) is 52.6 Å². The Morgan fingerprint density at radius 3 is 2.47 bits per heavy atom. The van der Waals surface area contributed by atoms with Crippen LogP contribution in [0, 0.1) is 12.3 Å². The predicted octanol–water partition coefficient (Wildman–Crippen LogP) is 6.56.